The van der Waals surface area contributed by atoms with E-state index in [9.17, 15) is 31.5 Å². The minimum atomic E-state index is -4.84. The largest absolute Gasteiger partial charge is 0.433 e. The Morgan fingerprint density at radius 2 is 1.54 bits per heavy atom. The molecule has 0 aliphatic heterocycles. The molecule has 10 heteroatoms. The van der Waals surface area contributed by atoms with Gasteiger partial charge in [0.05, 0.1) is 24.3 Å². The molecule has 0 atom stereocenters. The first-order valence-corrected chi connectivity index (χ1v) is 12.0. The summed E-state index contributed by atoms with van der Waals surface area (Å²) in [5.41, 5.74) is -1.75. The molecule has 1 aromatic carbocycles. The number of hydrogen-bond donors (Lipinski definition) is 0. The van der Waals surface area contributed by atoms with Crippen molar-refractivity contribution in [2.75, 3.05) is 6.54 Å². The van der Waals surface area contributed by atoms with Gasteiger partial charge in [-0.1, -0.05) is 32.1 Å². The predicted molar refractivity (Wildman–Crippen MR) is 117 cm³/mol. The van der Waals surface area contributed by atoms with Gasteiger partial charge in [-0.2, -0.15) is 18.3 Å². The Hall–Kier alpha value is -2.78. The molecule has 0 saturated heterocycles. The second-order valence-electron chi connectivity index (χ2n) is 9.53. The Kier molecular flexibility index (Phi) is 7.56. The van der Waals surface area contributed by atoms with Crippen LogP contribution in [0.5, 0.6) is 0 Å². The smallest absolute Gasteiger partial charge is 0.327 e. The number of carbonyl (C=O) groups excluding carboxylic acids is 2. The van der Waals surface area contributed by atoms with Gasteiger partial charge in [0.2, 0.25) is 0 Å². The number of carbonyl (C=O) groups is 2. The van der Waals surface area contributed by atoms with Crippen molar-refractivity contribution in [3.05, 3.63) is 52.9 Å². The molecule has 35 heavy (non-hydrogen) atoms. The Labute approximate surface area is 200 Å². The monoisotopic (exact) mass is 497 g/mol. The van der Waals surface area contributed by atoms with Gasteiger partial charge in [-0.15, -0.1) is 0 Å². The lowest BCUT2D eigenvalue weighted by Gasteiger charge is -2.26. The van der Waals surface area contributed by atoms with Crippen LogP contribution in [0.1, 0.15) is 85.4 Å². The van der Waals surface area contributed by atoms with Gasteiger partial charge in [-0.3, -0.25) is 14.3 Å². The van der Waals surface area contributed by atoms with Gasteiger partial charge < -0.3 is 4.90 Å². The summed E-state index contributed by atoms with van der Waals surface area (Å²) in [7, 11) is 0. The van der Waals surface area contributed by atoms with Crippen molar-refractivity contribution < 1.29 is 31.5 Å². The molecule has 190 valence electrons. The molecule has 1 heterocycles. The van der Waals surface area contributed by atoms with Crippen molar-refractivity contribution in [2.45, 2.75) is 76.6 Å². The molecule has 4 rings (SSSR count). The molecule has 0 bridgehead atoms. The zero-order valence-electron chi connectivity index (χ0n) is 19.3. The van der Waals surface area contributed by atoms with Gasteiger partial charge in [0.25, 0.3) is 5.91 Å². The standard InChI is InChI=1S/C25H28F5N3O2/c26-18-10-16(11-19(27)12-18)14-32(15-22(34)17-6-4-5-7-17)24(35)21-13-31-33(23(21)25(28,29)30)20-8-2-1-3-9-20/h10-13,17,20H,1-9,14-15H2. The van der Waals surface area contributed by atoms with E-state index in [0.29, 0.717) is 31.7 Å². The number of halogens is 5. The van der Waals surface area contributed by atoms with Gasteiger partial charge in [0, 0.05) is 18.5 Å². The SMILES string of the molecule is O=C(CN(Cc1cc(F)cc(F)c1)C(=O)c1cnn(C2CCCCC2)c1C(F)(F)F)C1CCCC1. The summed E-state index contributed by atoms with van der Waals surface area (Å²) in [5, 5.41) is 3.95. The minimum Gasteiger partial charge on any atom is -0.327 e. The number of alkyl halides is 3. The van der Waals surface area contributed by atoms with Crippen LogP contribution in [0.15, 0.2) is 24.4 Å². The zero-order valence-corrected chi connectivity index (χ0v) is 19.3. The number of benzene rings is 1. The van der Waals surface area contributed by atoms with E-state index >= 15 is 0 Å². The third-order valence-corrected chi connectivity index (χ3v) is 6.96. The molecule has 1 amide bonds. The van der Waals surface area contributed by atoms with Gasteiger partial charge >= 0.3 is 6.18 Å². The van der Waals surface area contributed by atoms with Crippen molar-refractivity contribution >= 4 is 11.7 Å². The van der Waals surface area contributed by atoms with Crippen molar-refractivity contribution in [1.29, 1.82) is 0 Å². The van der Waals surface area contributed by atoms with Gasteiger partial charge in [-0.05, 0) is 43.4 Å². The highest BCUT2D eigenvalue weighted by Crippen LogP contribution is 2.38. The number of amides is 1. The van der Waals surface area contributed by atoms with Gasteiger partial charge in [-0.25, -0.2) is 8.78 Å². The quantitative estimate of drug-likeness (QED) is 0.435. The van der Waals surface area contributed by atoms with Crippen LogP contribution in [0.3, 0.4) is 0 Å². The summed E-state index contributed by atoms with van der Waals surface area (Å²) in [4.78, 5) is 27.3. The first-order valence-electron chi connectivity index (χ1n) is 12.0. The van der Waals surface area contributed by atoms with E-state index in [1.54, 1.807) is 0 Å². The fourth-order valence-electron chi connectivity index (χ4n) is 5.26. The van der Waals surface area contributed by atoms with Crippen LogP contribution >= 0.6 is 0 Å². The molecule has 2 aliphatic rings. The van der Waals surface area contributed by atoms with Crippen LogP contribution in [-0.4, -0.2) is 32.9 Å². The maximum atomic E-state index is 14.2. The second kappa shape index (κ2) is 10.5. The van der Waals surface area contributed by atoms with Crippen LogP contribution in [0, 0.1) is 17.6 Å². The normalized spacial score (nSPS) is 17.6. The van der Waals surface area contributed by atoms with Crippen molar-refractivity contribution in [2.24, 2.45) is 5.92 Å². The molecule has 2 fully saturated rings. The van der Waals surface area contributed by atoms with E-state index in [4.69, 9.17) is 0 Å². The topological polar surface area (TPSA) is 55.2 Å². The van der Waals surface area contributed by atoms with Gasteiger partial charge in [0.1, 0.15) is 11.6 Å². The van der Waals surface area contributed by atoms with E-state index in [2.05, 4.69) is 5.10 Å². The molecular weight excluding hydrogens is 469 g/mol. The third kappa shape index (κ3) is 5.90. The van der Waals surface area contributed by atoms with Crippen molar-refractivity contribution in [3.63, 3.8) is 0 Å². The molecule has 0 radical (unpaired) electrons. The number of Topliss-reactive ketones (excluding diaryl/α,β-unsaturated/α-hetero) is 1. The fourth-order valence-corrected chi connectivity index (χ4v) is 5.26. The number of aromatic nitrogens is 2. The first-order chi connectivity index (χ1) is 16.6. The average Bonchev–Trinajstić information content (AvgIpc) is 3.48. The molecular formula is C25H28F5N3O2. The molecule has 2 aliphatic carbocycles. The molecule has 2 aromatic rings. The summed E-state index contributed by atoms with van der Waals surface area (Å²) in [6, 6.07) is 2.20. The van der Waals surface area contributed by atoms with E-state index in [1.165, 1.54) is 0 Å². The summed E-state index contributed by atoms with van der Waals surface area (Å²) in [5.74, 6) is -3.33. The van der Waals surface area contributed by atoms with E-state index in [-0.39, 0.29) is 17.3 Å². The maximum Gasteiger partial charge on any atom is 0.433 e. The average molecular weight is 498 g/mol. The predicted octanol–water partition coefficient (Wildman–Crippen LogP) is 6.09. The molecule has 2 saturated carbocycles. The van der Waals surface area contributed by atoms with Crippen molar-refractivity contribution in [3.8, 4) is 0 Å². The molecule has 0 spiro atoms. The summed E-state index contributed by atoms with van der Waals surface area (Å²) >= 11 is 0. The lowest BCUT2D eigenvalue weighted by molar-refractivity contribution is -0.145. The van der Waals surface area contributed by atoms with Gasteiger partial charge in [0.15, 0.2) is 11.5 Å². The Bertz CT molecular complexity index is 1050. The number of rotatable bonds is 7. The third-order valence-electron chi connectivity index (χ3n) is 6.96. The molecule has 0 unspecified atom stereocenters. The molecule has 1 aromatic heterocycles. The Morgan fingerprint density at radius 1 is 0.943 bits per heavy atom. The summed E-state index contributed by atoms with van der Waals surface area (Å²) in [6.07, 6.45) is 2.66. The van der Waals surface area contributed by atoms with Crippen LogP contribution in [0.4, 0.5) is 22.0 Å². The highest BCUT2D eigenvalue weighted by atomic mass is 19.4. The van der Waals surface area contributed by atoms with E-state index in [1.807, 2.05) is 0 Å². The number of nitrogens with zero attached hydrogens (tertiary/aromatic N) is 3. The lowest BCUT2D eigenvalue weighted by Crippen LogP contribution is -2.38. The summed E-state index contributed by atoms with van der Waals surface area (Å²) in [6.45, 7) is -0.842. The molecule has 5 nitrogen and oxygen atoms in total. The highest BCUT2D eigenvalue weighted by Gasteiger charge is 2.43. The summed E-state index contributed by atoms with van der Waals surface area (Å²) < 4.78 is 70.9. The first kappa shape index (κ1) is 25.3. The highest BCUT2D eigenvalue weighted by molar-refractivity contribution is 5.98. The lowest BCUT2D eigenvalue weighted by atomic mass is 9.95. The second-order valence-corrected chi connectivity index (χ2v) is 9.53. The van der Waals surface area contributed by atoms with Crippen LogP contribution in [0.2, 0.25) is 0 Å². The Morgan fingerprint density at radius 3 is 2.14 bits per heavy atom. The maximum absolute atomic E-state index is 14.2. The molecule has 0 N–H and O–H groups in total. The number of hydrogen-bond acceptors (Lipinski definition) is 3. The van der Waals surface area contributed by atoms with E-state index < -0.39 is 54.1 Å². The van der Waals surface area contributed by atoms with Crippen LogP contribution < -0.4 is 0 Å². The Balaban J connectivity index is 1.68. The minimum absolute atomic E-state index is 0.0447. The van der Waals surface area contributed by atoms with Crippen LogP contribution in [0.25, 0.3) is 0 Å². The van der Waals surface area contributed by atoms with Crippen LogP contribution in [-0.2, 0) is 17.5 Å². The zero-order chi connectivity index (χ0) is 25.2. The fraction of sp³-hybridized carbons (Fsp3) is 0.560. The van der Waals surface area contributed by atoms with Crippen molar-refractivity contribution in [1.82, 2.24) is 14.7 Å². The number of ketones is 1. The van der Waals surface area contributed by atoms with E-state index in [0.717, 1.165) is 60.0 Å².